The van der Waals surface area contributed by atoms with E-state index in [-0.39, 0.29) is 11.9 Å². The van der Waals surface area contributed by atoms with E-state index < -0.39 is 0 Å². The number of halogens is 1. The van der Waals surface area contributed by atoms with Gasteiger partial charge in [-0.3, -0.25) is 9.78 Å². The Morgan fingerprint density at radius 3 is 2.61 bits per heavy atom. The van der Waals surface area contributed by atoms with Gasteiger partial charge < -0.3 is 5.32 Å². The lowest BCUT2D eigenvalue weighted by Crippen LogP contribution is -2.27. The number of rotatable bonds is 3. The summed E-state index contributed by atoms with van der Waals surface area (Å²) >= 11 is 6.03. The molecule has 0 fully saturated rings. The van der Waals surface area contributed by atoms with E-state index in [2.05, 4.69) is 10.3 Å². The molecule has 4 heteroatoms. The molecule has 1 unspecified atom stereocenters. The quantitative estimate of drug-likeness (QED) is 0.759. The number of hydrogen-bond donors (Lipinski definition) is 1. The summed E-state index contributed by atoms with van der Waals surface area (Å²) in [5.74, 6) is -0.131. The van der Waals surface area contributed by atoms with Crippen molar-refractivity contribution in [3.05, 3.63) is 76.4 Å². The molecule has 23 heavy (non-hydrogen) atoms. The number of carbonyl (C=O) groups is 1. The number of nitrogens with one attached hydrogen (secondary N) is 1. The van der Waals surface area contributed by atoms with Gasteiger partial charge in [-0.05, 0) is 43.7 Å². The Hall–Kier alpha value is -2.39. The summed E-state index contributed by atoms with van der Waals surface area (Å²) in [6.45, 7) is 3.81. The van der Waals surface area contributed by atoms with Crippen LogP contribution in [-0.4, -0.2) is 10.9 Å². The monoisotopic (exact) mass is 324 g/mol. The van der Waals surface area contributed by atoms with Crippen molar-refractivity contribution in [1.29, 1.82) is 0 Å². The third kappa shape index (κ3) is 3.35. The molecule has 1 N–H and O–H groups in total. The average Bonchev–Trinajstić information content (AvgIpc) is 2.55. The zero-order valence-corrected chi connectivity index (χ0v) is 13.8. The van der Waals surface area contributed by atoms with Gasteiger partial charge in [-0.25, -0.2) is 0 Å². The molecule has 0 saturated heterocycles. The minimum Gasteiger partial charge on any atom is -0.345 e. The number of hydrogen-bond acceptors (Lipinski definition) is 2. The van der Waals surface area contributed by atoms with Crippen molar-refractivity contribution in [2.24, 2.45) is 0 Å². The summed E-state index contributed by atoms with van der Waals surface area (Å²) in [6.07, 6.45) is 0. The molecule has 3 aromatic rings. The molecule has 0 bridgehead atoms. The van der Waals surface area contributed by atoms with E-state index in [0.717, 1.165) is 16.5 Å². The molecule has 2 aromatic carbocycles. The minimum absolute atomic E-state index is 0.0711. The van der Waals surface area contributed by atoms with Gasteiger partial charge in [-0.1, -0.05) is 41.9 Å². The van der Waals surface area contributed by atoms with E-state index in [1.807, 2.05) is 62.4 Å². The van der Waals surface area contributed by atoms with Crippen molar-refractivity contribution < 1.29 is 4.79 Å². The van der Waals surface area contributed by atoms with Crippen LogP contribution in [0.15, 0.2) is 54.6 Å². The van der Waals surface area contributed by atoms with Gasteiger partial charge in [0.25, 0.3) is 5.91 Å². The fourth-order valence-corrected chi connectivity index (χ4v) is 2.75. The molecule has 0 aliphatic heterocycles. The number of aromatic nitrogens is 1. The zero-order chi connectivity index (χ0) is 16.4. The van der Waals surface area contributed by atoms with Crippen LogP contribution in [0.2, 0.25) is 5.02 Å². The number of pyridine rings is 1. The molecule has 116 valence electrons. The zero-order valence-electron chi connectivity index (χ0n) is 13.0. The highest BCUT2D eigenvalue weighted by atomic mass is 35.5. The number of benzene rings is 2. The summed E-state index contributed by atoms with van der Waals surface area (Å²) in [4.78, 5) is 17.1. The number of fused-ring (bicyclic) bond motifs is 1. The minimum atomic E-state index is -0.131. The first-order chi connectivity index (χ1) is 11.0. The Balaban J connectivity index is 1.90. The highest BCUT2D eigenvalue weighted by Gasteiger charge is 2.15. The van der Waals surface area contributed by atoms with E-state index >= 15 is 0 Å². The Kier molecular flexibility index (Phi) is 4.30. The standard InChI is InChI=1S/C19H17ClN2O/c1-12(14-6-4-3-5-7-14)22-19(23)17-11-15-10-16(20)8-9-18(15)21-13(17)2/h3-12H,1-2H3,(H,22,23). The third-order valence-electron chi connectivity index (χ3n) is 3.86. The average molecular weight is 325 g/mol. The van der Waals surface area contributed by atoms with E-state index in [4.69, 9.17) is 11.6 Å². The first-order valence-electron chi connectivity index (χ1n) is 7.47. The Morgan fingerprint density at radius 1 is 1.13 bits per heavy atom. The molecule has 3 rings (SSSR count). The maximum atomic E-state index is 12.6. The number of nitrogens with zero attached hydrogens (tertiary/aromatic N) is 1. The van der Waals surface area contributed by atoms with Crippen molar-refractivity contribution in [2.75, 3.05) is 0 Å². The van der Waals surface area contributed by atoms with Crippen molar-refractivity contribution in [1.82, 2.24) is 10.3 Å². The van der Waals surface area contributed by atoms with Gasteiger partial charge >= 0.3 is 0 Å². The van der Waals surface area contributed by atoms with Crippen LogP contribution in [0.3, 0.4) is 0 Å². The molecule has 3 nitrogen and oxygen atoms in total. The second-order valence-electron chi connectivity index (χ2n) is 5.56. The lowest BCUT2D eigenvalue weighted by molar-refractivity contribution is 0.0939. The van der Waals surface area contributed by atoms with Gasteiger partial charge in [0.2, 0.25) is 0 Å². The van der Waals surface area contributed by atoms with Crippen molar-refractivity contribution in [2.45, 2.75) is 19.9 Å². The fraction of sp³-hybridized carbons (Fsp3) is 0.158. The number of amides is 1. The van der Waals surface area contributed by atoms with Crippen LogP contribution < -0.4 is 5.32 Å². The molecule has 1 heterocycles. The number of aryl methyl sites for hydroxylation is 1. The molecule has 0 aliphatic rings. The molecule has 0 spiro atoms. The first-order valence-corrected chi connectivity index (χ1v) is 7.85. The van der Waals surface area contributed by atoms with E-state index in [0.29, 0.717) is 16.3 Å². The largest absolute Gasteiger partial charge is 0.345 e. The number of carbonyl (C=O) groups excluding carboxylic acids is 1. The van der Waals surface area contributed by atoms with Gasteiger partial charge in [0.05, 0.1) is 22.8 Å². The molecule has 1 atom stereocenters. The molecular weight excluding hydrogens is 308 g/mol. The van der Waals surface area contributed by atoms with E-state index in [1.165, 1.54) is 0 Å². The Morgan fingerprint density at radius 2 is 1.87 bits per heavy atom. The maximum absolute atomic E-state index is 12.6. The van der Waals surface area contributed by atoms with Crippen LogP contribution in [0.5, 0.6) is 0 Å². The maximum Gasteiger partial charge on any atom is 0.253 e. The van der Waals surface area contributed by atoms with Gasteiger partial charge in [0.1, 0.15) is 0 Å². The topological polar surface area (TPSA) is 42.0 Å². The summed E-state index contributed by atoms with van der Waals surface area (Å²) in [5.41, 5.74) is 3.18. The molecule has 0 saturated carbocycles. The van der Waals surface area contributed by atoms with Gasteiger partial charge in [-0.15, -0.1) is 0 Å². The SMILES string of the molecule is Cc1nc2ccc(Cl)cc2cc1C(=O)NC(C)c1ccccc1. The van der Waals surface area contributed by atoms with Crippen molar-refractivity contribution in [3.63, 3.8) is 0 Å². The molecular formula is C19H17ClN2O. The predicted molar refractivity (Wildman–Crippen MR) is 93.8 cm³/mol. The second-order valence-corrected chi connectivity index (χ2v) is 6.00. The molecule has 1 amide bonds. The Labute approximate surface area is 140 Å². The lowest BCUT2D eigenvalue weighted by Gasteiger charge is -2.15. The smallest absolute Gasteiger partial charge is 0.253 e. The third-order valence-corrected chi connectivity index (χ3v) is 4.09. The van der Waals surface area contributed by atoms with Crippen LogP contribution in [0.1, 0.15) is 34.6 Å². The van der Waals surface area contributed by atoms with Gasteiger partial charge in [0.15, 0.2) is 0 Å². The van der Waals surface area contributed by atoms with Crippen molar-refractivity contribution >= 4 is 28.4 Å². The van der Waals surface area contributed by atoms with Gasteiger partial charge in [-0.2, -0.15) is 0 Å². The first kappa shape index (κ1) is 15.5. The van der Waals surface area contributed by atoms with E-state index in [9.17, 15) is 4.79 Å². The molecule has 0 aliphatic carbocycles. The van der Waals surface area contributed by atoms with Crippen LogP contribution in [0.4, 0.5) is 0 Å². The van der Waals surface area contributed by atoms with Crippen LogP contribution in [-0.2, 0) is 0 Å². The highest BCUT2D eigenvalue weighted by molar-refractivity contribution is 6.31. The summed E-state index contributed by atoms with van der Waals surface area (Å²) < 4.78 is 0. The molecule has 1 aromatic heterocycles. The molecule has 0 radical (unpaired) electrons. The summed E-state index contributed by atoms with van der Waals surface area (Å²) in [5, 5.41) is 4.51. The lowest BCUT2D eigenvalue weighted by atomic mass is 10.1. The Bertz CT molecular complexity index is 862. The summed E-state index contributed by atoms with van der Waals surface area (Å²) in [7, 11) is 0. The van der Waals surface area contributed by atoms with E-state index in [1.54, 1.807) is 6.07 Å². The fourth-order valence-electron chi connectivity index (χ4n) is 2.57. The summed E-state index contributed by atoms with van der Waals surface area (Å²) in [6, 6.07) is 17.1. The normalized spacial score (nSPS) is 12.1. The van der Waals surface area contributed by atoms with Crippen LogP contribution >= 0.6 is 11.6 Å². The van der Waals surface area contributed by atoms with Crippen LogP contribution in [0.25, 0.3) is 10.9 Å². The van der Waals surface area contributed by atoms with Crippen molar-refractivity contribution in [3.8, 4) is 0 Å². The second kappa shape index (κ2) is 6.39. The van der Waals surface area contributed by atoms with Crippen LogP contribution in [0, 0.1) is 6.92 Å². The predicted octanol–water partition coefficient (Wildman–Crippen LogP) is 4.69. The highest BCUT2D eigenvalue weighted by Crippen LogP contribution is 2.21. The van der Waals surface area contributed by atoms with Gasteiger partial charge in [0, 0.05) is 10.4 Å².